The van der Waals surface area contributed by atoms with Crippen LogP contribution in [0.2, 0.25) is 15.1 Å². The third kappa shape index (κ3) is 3.49. The largest absolute Gasteiger partial charge is 0.314 e. The van der Waals surface area contributed by atoms with E-state index in [1.807, 2.05) is 12.1 Å². The second-order valence-electron chi connectivity index (χ2n) is 4.18. The van der Waals surface area contributed by atoms with Crippen molar-refractivity contribution in [1.82, 2.24) is 10.2 Å². The van der Waals surface area contributed by atoms with Crippen LogP contribution in [0, 0.1) is 0 Å². The lowest BCUT2D eigenvalue weighted by Gasteiger charge is -2.27. The first-order valence-electron chi connectivity index (χ1n) is 5.74. The Labute approximate surface area is 117 Å². The molecule has 0 amide bonds. The maximum Gasteiger partial charge on any atom is 0.0781 e. The molecule has 94 valence electrons. The van der Waals surface area contributed by atoms with Gasteiger partial charge < -0.3 is 10.2 Å². The van der Waals surface area contributed by atoms with E-state index in [4.69, 9.17) is 34.8 Å². The second kappa shape index (κ2) is 6.26. The highest BCUT2D eigenvalue weighted by Gasteiger charge is 2.12. The molecule has 1 aliphatic rings. The Hall–Kier alpha value is 0.01000. The molecule has 1 aliphatic heterocycles. The summed E-state index contributed by atoms with van der Waals surface area (Å²) in [5.74, 6) is 0. The van der Waals surface area contributed by atoms with Gasteiger partial charge in [-0.15, -0.1) is 0 Å². The first kappa shape index (κ1) is 13.4. The maximum atomic E-state index is 6.17. The molecule has 0 aromatic heterocycles. The fourth-order valence-corrected chi connectivity index (χ4v) is 2.62. The number of hydrogen-bond acceptors (Lipinski definition) is 2. The summed E-state index contributed by atoms with van der Waals surface area (Å²) in [7, 11) is 0. The standard InChI is InChI=1S/C12H15Cl3N2/c13-10-2-1-9(11(14)12(10)15)3-6-17-7-4-16-5-8-17/h1-2,16H,3-8H2. The molecular weight excluding hydrogens is 279 g/mol. The van der Waals surface area contributed by atoms with Crippen LogP contribution in [0.15, 0.2) is 12.1 Å². The van der Waals surface area contributed by atoms with E-state index in [0.717, 1.165) is 44.7 Å². The zero-order valence-corrected chi connectivity index (χ0v) is 11.7. The van der Waals surface area contributed by atoms with Crippen LogP contribution in [0.3, 0.4) is 0 Å². The molecule has 2 nitrogen and oxygen atoms in total. The lowest BCUT2D eigenvalue weighted by atomic mass is 10.1. The van der Waals surface area contributed by atoms with Gasteiger partial charge in [0.05, 0.1) is 15.1 Å². The summed E-state index contributed by atoms with van der Waals surface area (Å²) < 4.78 is 0. The molecule has 1 N–H and O–H groups in total. The Bertz CT molecular complexity index is 390. The molecule has 5 heteroatoms. The summed E-state index contributed by atoms with van der Waals surface area (Å²) in [5, 5.41) is 4.91. The first-order valence-corrected chi connectivity index (χ1v) is 6.87. The number of halogens is 3. The zero-order valence-electron chi connectivity index (χ0n) is 9.48. The van der Waals surface area contributed by atoms with Crippen LogP contribution >= 0.6 is 34.8 Å². The van der Waals surface area contributed by atoms with Crippen LogP contribution in [-0.4, -0.2) is 37.6 Å². The van der Waals surface area contributed by atoms with E-state index in [1.54, 1.807) is 0 Å². The molecule has 1 aromatic carbocycles. The van der Waals surface area contributed by atoms with Gasteiger partial charge in [0.2, 0.25) is 0 Å². The highest BCUT2D eigenvalue weighted by atomic mass is 35.5. The monoisotopic (exact) mass is 292 g/mol. The summed E-state index contributed by atoms with van der Waals surface area (Å²) in [6, 6.07) is 3.77. The van der Waals surface area contributed by atoms with Crippen molar-refractivity contribution in [1.29, 1.82) is 0 Å². The summed E-state index contributed by atoms with van der Waals surface area (Å²) in [6.45, 7) is 5.33. The average Bonchev–Trinajstić information content (AvgIpc) is 2.36. The Kier molecular flexibility index (Phi) is 4.95. The van der Waals surface area contributed by atoms with Gasteiger partial charge in [0, 0.05) is 32.7 Å². The minimum absolute atomic E-state index is 0.464. The predicted molar refractivity (Wildman–Crippen MR) is 74.5 cm³/mol. The van der Waals surface area contributed by atoms with Gasteiger partial charge in [0.25, 0.3) is 0 Å². The van der Waals surface area contributed by atoms with Crippen molar-refractivity contribution in [3.05, 3.63) is 32.8 Å². The smallest absolute Gasteiger partial charge is 0.0781 e. The lowest BCUT2D eigenvalue weighted by molar-refractivity contribution is 0.244. The number of hydrogen-bond donors (Lipinski definition) is 1. The van der Waals surface area contributed by atoms with Crippen LogP contribution in [-0.2, 0) is 6.42 Å². The Balaban J connectivity index is 1.96. The molecule has 1 aromatic rings. The minimum atomic E-state index is 0.464. The van der Waals surface area contributed by atoms with E-state index in [-0.39, 0.29) is 0 Å². The molecule has 2 rings (SSSR count). The molecule has 1 fully saturated rings. The van der Waals surface area contributed by atoms with Crippen LogP contribution in [0.4, 0.5) is 0 Å². The molecule has 0 bridgehead atoms. The summed E-state index contributed by atoms with van der Waals surface area (Å²) >= 11 is 18.1. The highest BCUT2D eigenvalue weighted by Crippen LogP contribution is 2.32. The van der Waals surface area contributed by atoms with E-state index in [2.05, 4.69) is 10.2 Å². The van der Waals surface area contributed by atoms with Gasteiger partial charge in [-0.05, 0) is 18.1 Å². The first-order chi connectivity index (χ1) is 8.18. The van der Waals surface area contributed by atoms with Crippen molar-refractivity contribution in [2.75, 3.05) is 32.7 Å². The minimum Gasteiger partial charge on any atom is -0.314 e. The molecule has 17 heavy (non-hydrogen) atoms. The normalized spacial score (nSPS) is 17.4. The topological polar surface area (TPSA) is 15.3 Å². The van der Waals surface area contributed by atoms with E-state index < -0.39 is 0 Å². The van der Waals surface area contributed by atoms with Crippen molar-refractivity contribution in [2.24, 2.45) is 0 Å². The lowest BCUT2D eigenvalue weighted by Crippen LogP contribution is -2.44. The molecule has 1 heterocycles. The van der Waals surface area contributed by atoms with Crippen molar-refractivity contribution < 1.29 is 0 Å². The molecule has 1 saturated heterocycles. The van der Waals surface area contributed by atoms with Gasteiger partial charge in [-0.2, -0.15) is 0 Å². The zero-order chi connectivity index (χ0) is 12.3. The van der Waals surface area contributed by atoms with Crippen molar-refractivity contribution in [3.63, 3.8) is 0 Å². The molecule has 0 atom stereocenters. The van der Waals surface area contributed by atoms with E-state index in [9.17, 15) is 0 Å². The number of rotatable bonds is 3. The van der Waals surface area contributed by atoms with Crippen molar-refractivity contribution in [2.45, 2.75) is 6.42 Å². The Morgan fingerprint density at radius 3 is 2.47 bits per heavy atom. The van der Waals surface area contributed by atoms with E-state index in [0.29, 0.717) is 15.1 Å². The molecule has 0 radical (unpaired) electrons. The average molecular weight is 294 g/mol. The molecule has 0 saturated carbocycles. The molecule has 0 unspecified atom stereocenters. The van der Waals surface area contributed by atoms with Crippen molar-refractivity contribution >= 4 is 34.8 Å². The van der Waals surface area contributed by atoms with E-state index in [1.165, 1.54) is 0 Å². The third-order valence-corrected chi connectivity index (χ3v) is 4.35. The Morgan fingerprint density at radius 2 is 1.76 bits per heavy atom. The summed E-state index contributed by atoms with van der Waals surface area (Å²) in [5.41, 5.74) is 1.07. The third-order valence-electron chi connectivity index (χ3n) is 3.02. The maximum absolute atomic E-state index is 6.17. The number of nitrogens with one attached hydrogen (secondary N) is 1. The molecular formula is C12H15Cl3N2. The Morgan fingerprint density at radius 1 is 1.06 bits per heavy atom. The van der Waals surface area contributed by atoms with Gasteiger partial charge in [-0.25, -0.2) is 0 Å². The van der Waals surface area contributed by atoms with Gasteiger partial charge in [-0.3, -0.25) is 0 Å². The predicted octanol–water partition coefficient (Wildman–Crippen LogP) is 3.09. The van der Waals surface area contributed by atoms with E-state index >= 15 is 0 Å². The summed E-state index contributed by atoms with van der Waals surface area (Å²) in [4.78, 5) is 2.43. The van der Waals surface area contributed by atoms with Crippen LogP contribution in [0.5, 0.6) is 0 Å². The number of piperazine rings is 1. The van der Waals surface area contributed by atoms with Crippen LogP contribution < -0.4 is 5.32 Å². The van der Waals surface area contributed by atoms with Crippen LogP contribution in [0.1, 0.15) is 5.56 Å². The van der Waals surface area contributed by atoms with Gasteiger partial charge >= 0.3 is 0 Å². The van der Waals surface area contributed by atoms with Crippen molar-refractivity contribution in [3.8, 4) is 0 Å². The van der Waals surface area contributed by atoms with Gasteiger partial charge in [-0.1, -0.05) is 40.9 Å². The fourth-order valence-electron chi connectivity index (χ4n) is 1.97. The molecule has 0 aliphatic carbocycles. The highest BCUT2D eigenvalue weighted by molar-refractivity contribution is 6.48. The quantitative estimate of drug-likeness (QED) is 0.862. The van der Waals surface area contributed by atoms with Gasteiger partial charge in [0.1, 0.15) is 0 Å². The summed E-state index contributed by atoms with van der Waals surface area (Å²) in [6.07, 6.45) is 0.912. The SMILES string of the molecule is Clc1ccc(CCN2CCNCC2)c(Cl)c1Cl. The van der Waals surface area contributed by atoms with Crippen LogP contribution in [0.25, 0.3) is 0 Å². The van der Waals surface area contributed by atoms with Gasteiger partial charge in [0.15, 0.2) is 0 Å². The number of benzene rings is 1. The second-order valence-corrected chi connectivity index (χ2v) is 5.34. The number of nitrogens with zero attached hydrogens (tertiary/aromatic N) is 1. The fraction of sp³-hybridized carbons (Fsp3) is 0.500. The molecule has 0 spiro atoms.